The predicted octanol–water partition coefficient (Wildman–Crippen LogP) is 5.70. The summed E-state index contributed by atoms with van der Waals surface area (Å²) in [6.45, 7) is 12.0. The van der Waals surface area contributed by atoms with Gasteiger partial charge in [-0.2, -0.15) is 10.1 Å². The van der Waals surface area contributed by atoms with Gasteiger partial charge in [-0.1, -0.05) is 26.0 Å². The molecule has 0 aliphatic carbocycles. The van der Waals surface area contributed by atoms with Gasteiger partial charge in [0.25, 0.3) is 0 Å². The number of hydrogen-bond acceptors (Lipinski definition) is 7. The fourth-order valence-electron chi connectivity index (χ4n) is 5.38. The average Bonchev–Trinajstić information content (AvgIpc) is 3.38. The lowest BCUT2D eigenvalue weighted by Crippen LogP contribution is -2.55. The maximum atomic E-state index is 5.81. The third-order valence-corrected chi connectivity index (χ3v) is 8.78. The Balaban J connectivity index is 0.000000215. The highest BCUT2D eigenvalue weighted by Crippen LogP contribution is 2.42. The summed E-state index contributed by atoms with van der Waals surface area (Å²) in [5.41, 5.74) is 11.5. The molecule has 3 aromatic rings. The van der Waals surface area contributed by atoms with Crippen LogP contribution >= 0.6 is 0 Å². The van der Waals surface area contributed by atoms with Crippen LogP contribution in [0.4, 0.5) is 5.82 Å². The van der Waals surface area contributed by atoms with E-state index < -0.39 is 0 Å². The summed E-state index contributed by atoms with van der Waals surface area (Å²) in [5.74, 6) is 0.855. The van der Waals surface area contributed by atoms with Crippen LogP contribution in [0, 0.1) is 5.41 Å². The van der Waals surface area contributed by atoms with Gasteiger partial charge in [0.1, 0.15) is 24.3 Å². The zero-order valence-corrected chi connectivity index (χ0v) is 22.8. The van der Waals surface area contributed by atoms with Crippen molar-refractivity contribution in [1.82, 2.24) is 24.6 Å². The number of likely N-dealkylation sites (tertiary alicyclic amines) is 1. The summed E-state index contributed by atoms with van der Waals surface area (Å²) in [7, 11) is 2.24. The van der Waals surface area contributed by atoms with Crippen LogP contribution in [-0.4, -0.2) is 50.4 Å². The van der Waals surface area contributed by atoms with E-state index in [-0.39, 0.29) is 6.23 Å². The Labute approximate surface area is 220 Å². The molecule has 3 aliphatic rings. The van der Waals surface area contributed by atoms with Gasteiger partial charge in [-0.3, -0.25) is 0 Å². The third kappa shape index (κ3) is 5.09. The van der Waals surface area contributed by atoms with Crippen LogP contribution in [0.2, 0.25) is 0 Å². The number of nitrogen functional groups attached to an aromatic ring is 1. The van der Waals surface area contributed by atoms with E-state index in [9.17, 15) is 0 Å². The number of aromatic nitrogens is 4. The van der Waals surface area contributed by atoms with Crippen LogP contribution in [-0.2, 0) is 11.3 Å². The molecule has 198 valence electrons. The van der Waals surface area contributed by atoms with Crippen molar-refractivity contribution >= 4 is 5.82 Å². The maximum absolute atomic E-state index is 5.81. The van der Waals surface area contributed by atoms with Gasteiger partial charge >= 0.3 is 0 Å². The largest absolute Gasteiger partial charge is 0.471 e. The molecule has 0 amide bonds. The third-order valence-electron chi connectivity index (χ3n) is 8.78. The van der Waals surface area contributed by atoms with Crippen LogP contribution < -0.4 is 10.5 Å². The van der Waals surface area contributed by atoms with E-state index in [0.29, 0.717) is 29.3 Å². The second-order valence-corrected chi connectivity index (χ2v) is 11.6. The van der Waals surface area contributed by atoms with Gasteiger partial charge in [0.2, 0.25) is 5.88 Å². The molecule has 0 bridgehead atoms. The van der Waals surface area contributed by atoms with Crippen LogP contribution in [0.15, 0.2) is 36.8 Å². The Kier molecular flexibility index (Phi) is 6.98. The lowest BCUT2D eigenvalue weighted by molar-refractivity contribution is -0.0394. The molecule has 2 fully saturated rings. The predicted molar refractivity (Wildman–Crippen MR) is 146 cm³/mol. The number of fused-ring (bicyclic) bond motifs is 3. The first-order valence-electron chi connectivity index (χ1n) is 13.4. The second-order valence-electron chi connectivity index (χ2n) is 11.6. The molecule has 1 atom stereocenters. The van der Waals surface area contributed by atoms with Crippen molar-refractivity contribution in [1.29, 1.82) is 0 Å². The van der Waals surface area contributed by atoms with Crippen molar-refractivity contribution in [2.45, 2.75) is 78.2 Å². The fraction of sp³-hybridized carbons (Fsp3) is 0.552. The second kappa shape index (κ2) is 10.1. The van der Waals surface area contributed by atoms with E-state index in [0.717, 1.165) is 47.4 Å². The number of anilines is 1. The summed E-state index contributed by atoms with van der Waals surface area (Å²) in [6, 6.07) is 6.26. The van der Waals surface area contributed by atoms with Crippen molar-refractivity contribution < 1.29 is 9.47 Å². The molecular weight excluding hydrogens is 464 g/mol. The summed E-state index contributed by atoms with van der Waals surface area (Å²) in [5, 5.41) is 4.50. The maximum Gasteiger partial charge on any atom is 0.242 e. The van der Waals surface area contributed by atoms with Gasteiger partial charge < -0.3 is 20.1 Å². The quantitative estimate of drug-likeness (QED) is 0.479. The number of nitrogens with zero attached hydrogens (tertiary/aromatic N) is 5. The van der Waals surface area contributed by atoms with E-state index in [1.807, 2.05) is 10.9 Å². The minimum absolute atomic E-state index is 0.0473. The zero-order chi connectivity index (χ0) is 26.2. The summed E-state index contributed by atoms with van der Waals surface area (Å²) in [6.07, 6.45) is 11.6. The average molecular weight is 505 g/mol. The van der Waals surface area contributed by atoms with Crippen LogP contribution in [0.1, 0.15) is 71.6 Å². The molecule has 1 aromatic carbocycles. The smallest absolute Gasteiger partial charge is 0.242 e. The monoisotopic (exact) mass is 504 g/mol. The number of rotatable bonds is 2. The van der Waals surface area contributed by atoms with E-state index in [1.165, 1.54) is 25.8 Å². The Morgan fingerprint density at radius 1 is 1.05 bits per heavy atom. The highest BCUT2D eigenvalue weighted by molar-refractivity contribution is 5.75. The van der Waals surface area contributed by atoms with E-state index >= 15 is 0 Å². The van der Waals surface area contributed by atoms with Crippen LogP contribution in [0.5, 0.6) is 5.88 Å². The highest BCUT2D eigenvalue weighted by Gasteiger charge is 2.42. The molecule has 2 aromatic heterocycles. The molecule has 6 rings (SSSR count). The lowest BCUT2D eigenvalue weighted by atomic mass is 9.68. The van der Waals surface area contributed by atoms with Gasteiger partial charge in [0, 0.05) is 29.5 Å². The van der Waals surface area contributed by atoms with Crippen LogP contribution in [0.25, 0.3) is 22.4 Å². The summed E-state index contributed by atoms with van der Waals surface area (Å²) >= 11 is 0. The molecular formula is C29H40N6O2. The minimum Gasteiger partial charge on any atom is -0.471 e. The molecule has 37 heavy (non-hydrogen) atoms. The molecule has 3 aliphatic heterocycles. The highest BCUT2D eigenvalue weighted by atomic mass is 16.5. The van der Waals surface area contributed by atoms with Crippen LogP contribution in [0.3, 0.4) is 0 Å². The number of piperidine rings is 1. The summed E-state index contributed by atoms with van der Waals surface area (Å²) in [4.78, 5) is 11.1. The zero-order valence-electron chi connectivity index (χ0n) is 22.8. The topological polar surface area (TPSA) is 91.3 Å². The first kappa shape index (κ1) is 25.7. The number of nitrogens with two attached hydrogens (primary N) is 1. The molecule has 0 spiro atoms. The Hall–Kier alpha value is -2.97. The summed E-state index contributed by atoms with van der Waals surface area (Å²) < 4.78 is 13.5. The Bertz CT molecular complexity index is 1240. The number of benzene rings is 1. The van der Waals surface area contributed by atoms with Crippen molar-refractivity contribution in [3.05, 3.63) is 42.4 Å². The molecule has 0 radical (unpaired) electrons. The van der Waals surface area contributed by atoms with Gasteiger partial charge in [0.05, 0.1) is 12.4 Å². The van der Waals surface area contributed by atoms with Gasteiger partial charge in [-0.25, -0.2) is 9.67 Å². The molecule has 5 heterocycles. The van der Waals surface area contributed by atoms with Gasteiger partial charge in [-0.05, 0) is 82.2 Å². The molecule has 8 nitrogen and oxygen atoms in total. The van der Waals surface area contributed by atoms with Crippen molar-refractivity contribution in [3.63, 3.8) is 0 Å². The SMILES string of the molecule is CN1CCCC(C)(C)C1(C)C.Nc1cnc2c(n1)OCc1cc(-c3cnn(C4CCCCO4)c3)ccc1-2. The molecule has 2 N–H and O–H groups in total. The van der Waals surface area contributed by atoms with Crippen molar-refractivity contribution in [2.75, 3.05) is 25.9 Å². The number of hydrogen-bond donors (Lipinski definition) is 1. The Morgan fingerprint density at radius 3 is 2.62 bits per heavy atom. The van der Waals surface area contributed by atoms with E-state index in [1.54, 1.807) is 6.20 Å². The minimum atomic E-state index is 0.0473. The van der Waals surface area contributed by atoms with E-state index in [4.69, 9.17) is 15.2 Å². The first-order chi connectivity index (χ1) is 17.7. The van der Waals surface area contributed by atoms with Crippen molar-refractivity contribution in [2.24, 2.45) is 5.41 Å². The standard InChI is InChI=1S/C19H19N5O2.C10H21N/c20-16-9-21-18-15-5-4-12(7-13(15)11-26-19(18)23-16)14-8-22-24(10-14)17-3-1-2-6-25-17;1-9(2)7-6-8-11(5)10(9,3)4/h4-5,7-10,17H,1-3,6,11H2,(H2,20,23);6-8H2,1-5H3. The van der Waals surface area contributed by atoms with Gasteiger partial charge in [0.15, 0.2) is 0 Å². The fourth-order valence-corrected chi connectivity index (χ4v) is 5.38. The molecule has 8 heteroatoms. The van der Waals surface area contributed by atoms with Gasteiger partial charge in [-0.15, -0.1) is 0 Å². The normalized spacial score (nSPS) is 22.1. The molecule has 2 saturated heterocycles. The molecule has 1 unspecified atom stereocenters. The van der Waals surface area contributed by atoms with Crippen molar-refractivity contribution in [3.8, 4) is 28.3 Å². The molecule has 0 saturated carbocycles. The lowest BCUT2D eigenvalue weighted by Gasteiger charge is -2.52. The van der Waals surface area contributed by atoms with E-state index in [2.05, 4.69) is 79.1 Å². The first-order valence-corrected chi connectivity index (χ1v) is 13.4. The number of ether oxygens (including phenoxy) is 2. The Morgan fingerprint density at radius 2 is 1.89 bits per heavy atom.